The van der Waals surface area contributed by atoms with Crippen LogP contribution >= 0.6 is 11.3 Å². The lowest BCUT2D eigenvalue weighted by Crippen LogP contribution is -2.49. The first-order chi connectivity index (χ1) is 19.6. The summed E-state index contributed by atoms with van der Waals surface area (Å²) in [7, 11) is 1.58. The minimum atomic E-state index is -0.365. The number of methoxy groups -OCH3 is 1. The van der Waals surface area contributed by atoms with Gasteiger partial charge < -0.3 is 29.7 Å². The van der Waals surface area contributed by atoms with Crippen molar-refractivity contribution in [3.63, 3.8) is 0 Å². The molecule has 2 aliphatic heterocycles. The number of carbonyl (C=O) groups is 2. The second-order valence-corrected chi connectivity index (χ2v) is 10.4. The highest BCUT2D eigenvalue weighted by Gasteiger charge is 2.30. The lowest BCUT2D eigenvalue weighted by molar-refractivity contribution is 0.0342. The third-order valence-electron chi connectivity index (χ3n) is 6.62. The number of ether oxygens (including phenoxy) is 3. The van der Waals surface area contributed by atoms with Crippen LogP contribution in [0.1, 0.15) is 26.4 Å². The number of rotatable bonds is 12. The molecule has 1 aromatic carbocycles. The smallest absolute Gasteiger partial charge is 0.316 e. The van der Waals surface area contributed by atoms with Crippen molar-refractivity contribution in [2.75, 3.05) is 76.5 Å². The molecule has 13 heteroatoms. The van der Waals surface area contributed by atoms with Crippen molar-refractivity contribution in [3.8, 4) is 6.01 Å². The van der Waals surface area contributed by atoms with Crippen molar-refractivity contribution in [2.24, 2.45) is 5.92 Å². The largest absolute Gasteiger partial charge is 0.463 e. The maximum atomic E-state index is 13.1. The number of nitrogens with zero attached hydrogens (tertiary/aromatic N) is 5. The first kappa shape index (κ1) is 27.9. The number of nitrogens with one attached hydrogen (secondary N) is 2. The Labute approximate surface area is 236 Å². The maximum Gasteiger partial charge on any atom is 0.316 e. The Morgan fingerprint density at radius 3 is 2.73 bits per heavy atom. The highest BCUT2D eigenvalue weighted by Crippen LogP contribution is 2.29. The van der Waals surface area contributed by atoms with E-state index in [4.69, 9.17) is 14.2 Å². The minimum absolute atomic E-state index is 0.273. The molecule has 0 atom stereocenters. The summed E-state index contributed by atoms with van der Waals surface area (Å²) in [6, 6.07) is 7.67. The number of morpholine rings is 1. The van der Waals surface area contributed by atoms with Gasteiger partial charge in [0.2, 0.25) is 0 Å². The standard InChI is InChI=1S/C27H33N7O5S/c1-37-10-7-28-24(35)21-13-19(14-33-8-11-38-12-9-33)3-4-22(21)31-25(36)23-18-40-27(32-23)34-15-20(16-34)17-39-26-29-5-2-6-30-26/h2-6,13,18,20H,7-12,14-17H2,1H3,(H,28,35)(H,31,36). The van der Waals surface area contributed by atoms with Crippen molar-refractivity contribution in [2.45, 2.75) is 6.54 Å². The van der Waals surface area contributed by atoms with Gasteiger partial charge in [-0.25, -0.2) is 15.0 Å². The predicted molar refractivity (Wildman–Crippen MR) is 150 cm³/mol. The molecule has 0 radical (unpaired) electrons. The molecule has 2 amide bonds. The molecule has 4 heterocycles. The third-order valence-corrected chi connectivity index (χ3v) is 7.52. The zero-order chi connectivity index (χ0) is 27.7. The molecule has 2 aliphatic rings. The highest BCUT2D eigenvalue weighted by atomic mass is 32.1. The fraction of sp³-hybridized carbons (Fsp3) is 0.444. The van der Waals surface area contributed by atoms with E-state index in [0.29, 0.717) is 68.4 Å². The summed E-state index contributed by atoms with van der Waals surface area (Å²) in [5, 5.41) is 8.26. The van der Waals surface area contributed by atoms with Gasteiger partial charge in [0.15, 0.2) is 5.13 Å². The molecule has 2 N–H and O–H groups in total. The molecule has 0 saturated carbocycles. The summed E-state index contributed by atoms with van der Waals surface area (Å²) < 4.78 is 16.1. The summed E-state index contributed by atoms with van der Waals surface area (Å²) in [5.41, 5.74) is 2.13. The molecular formula is C27H33N7O5S. The van der Waals surface area contributed by atoms with Crippen molar-refractivity contribution >= 4 is 34.0 Å². The van der Waals surface area contributed by atoms with Crippen LogP contribution in [0.5, 0.6) is 6.01 Å². The van der Waals surface area contributed by atoms with E-state index in [2.05, 4.69) is 35.4 Å². The van der Waals surface area contributed by atoms with Gasteiger partial charge in [-0.1, -0.05) is 6.07 Å². The van der Waals surface area contributed by atoms with Gasteiger partial charge in [0.05, 0.1) is 37.7 Å². The molecule has 0 unspecified atom stereocenters. The topological polar surface area (TPSA) is 131 Å². The Morgan fingerprint density at radius 1 is 1.15 bits per heavy atom. The van der Waals surface area contributed by atoms with E-state index in [0.717, 1.165) is 36.9 Å². The predicted octanol–water partition coefficient (Wildman–Crippen LogP) is 1.91. The molecule has 40 heavy (non-hydrogen) atoms. The average molecular weight is 568 g/mol. The van der Waals surface area contributed by atoms with Gasteiger partial charge in [-0.3, -0.25) is 14.5 Å². The summed E-state index contributed by atoms with van der Waals surface area (Å²) in [6.07, 6.45) is 3.29. The Kier molecular flexibility index (Phi) is 9.50. The van der Waals surface area contributed by atoms with Crippen LogP contribution in [0.25, 0.3) is 0 Å². The first-order valence-corrected chi connectivity index (χ1v) is 14.1. The van der Waals surface area contributed by atoms with E-state index >= 15 is 0 Å². The maximum absolute atomic E-state index is 13.1. The van der Waals surface area contributed by atoms with Crippen LogP contribution in [-0.2, 0) is 16.0 Å². The summed E-state index contributed by atoms with van der Waals surface area (Å²) in [4.78, 5) is 43.2. The molecule has 3 aromatic rings. The molecule has 2 fully saturated rings. The van der Waals surface area contributed by atoms with Crippen LogP contribution in [0.3, 0.4) is 0 Å². The quantitative estimate of drug-likeness (QED) is 0.313. The number of amides is 2. The normalized spacial score (nSPS) is 15.9. The third kappa shape index (κ3) is 7.30. The molecule has 12 nitrogen and oxygen atoms in total. The van der Waals surface area contributed by atoms with E-state index < -0.39 is 0 Å². The average Bonchev–Trinajstić information content (AvgIpc) is 3.44. The zero-order valence-corrected chi connectivity index (χ0v) is 23.2. The lowest BCUT2D eigenvalue weighted by atomic mass is 10.0. The van der Waals surface area contributed by atoms with Crippen LogP contribution in [-0.4, -0.2) is 97.9 Å². The Morgan fingerprint density at radius 2 is 1.95 bits per heavy atom. The van der Waals surface area contributed by atoms with Crippen LogP contribution < -0.4 is 20.3 Å². The summed E-state index contributed by atoms with van der Waals surface area (Å²) in [6.45, 7) is 6.61. The highest BCUT2D eigenvalue weighted by molar-refractivity contribution is 7.14. The Bertz CT molecular complexity index is 1280. The number of hydrogen-bond acceptors (Lipinski definition) is 11. The second-order valence-electron chi connectivity index (χ2n) is 9.60. The molecular weight excluding hydrogens is 534 g/mol. The number of carbonyl (C=O) groups excluding carboxylic acids is 2. The zero-order valence-electron chi connectivity index (χ0n) is 22.4. The van der Waals surface area contributed by atoms with E-state index in [9.17, 15) is 9.59 Å². The number of anilines is 2. The SMILES string of the molecule is COCCNC(=O)c1cc(CN2CCOCC2)ccc1NC(=O)c1csc(N2CC(COc3ncccn3)C2)n1. The van der Waals surface area contributed by atoms with E-state index in [1.54, 1.807) is 37.0 Å². The van der Waals surface area contributed by atoms with Crippen molar-refractivity contribution in [1.29, 1.82) is 0 Å². The summed E-state index contributed by atoms with van der Waals surface area (Å²) >= 11 is 1.41. The number of aromatic nitrogens is 3. The van der Waals surface area contributed by atoms with Crippen molar-refractivity contribution < 1.29 is 23.8 Å². The van der Waals surface area contributed by atoms with E-state index in [-0.39, 0.29) is 11.8 Å². The number of benzene rings is 1. The molecule has 2 saturated heterocycles. The van der Waals surface area contributed by atoms with Crippen molar-refractivity contribution in [1.82, 2.24) is 25.2 Å². The Balaban J connectivity index is 1.20. The molecule has 0 aliphatic carbocycles. The van der Waals surface area contributed by atoms with Gasteiger partial charge in [-0.15, -0.1) is 11.3 Å². The second kappa shape index (κ2) is 13.6. The van der Waals surface area contributed by atoms with Crippen molar-refractivity contribution in [3.05, 3.63) is 58.9 Å². The van der Waals surface area contributed by atoms with Gasteiger partial charge in [-0.2, -0.15) is 0 Å². The number of hydrogen-bond donors (Lipinski definition) is 2. The fourth-order valence-electron chi connectivity index (χ4n) is 4.45. The monoisotopic (exact) mass is 567 g/mol. The van der Waals surface area contributed by atoms with Gasteiger partial charge in [0.25, 0.3) is 11.8 Å². The lowest BCUT2D eigenvalue weighted by Gasteiger charge is -2.38. The Hall–Kier alpha value is -3.65. The van der Waals surface area contributed by atoms with Gasteiger partial charge in [-0.05, 0) is 23.8 Å². The van der Waals surface area contributed by atoms with E-state index in [1.165, 1.54) is 11.3 Å². The number of thiazole rings is 1. The summed E-state index contributed by atoms with van der Waals surface area (Å²) in [5.74, 6) is -0.305. The van der Waals surface area contributed by atoms with Crippen LogP contribution in [0, 0.1) is 5.92 Å². The molecule has 5 rings (SSSR count). The van der Waals surface area contributed by atoms with E-state index in [1.807, 2.05) is 12.1 Å². The molecule has 0 spiro atoms. The van der Waals surface area contributed by atoms with Crippen LogP contribution in [0.15, 0.2) is 42.0 Å². The minimum Gasteiger partial charge on any atom is -0.463 e. The molecule has 212 valence electrons. The fourth-order valence-corrected chi connectivity index (χ4v) is 5.28. The first-order valence-electron chi connectivity index (χ1n) is 13.2. The van der Waals surface area contributed by atoms with Gasteiger partial charge in [0, 0.05) is 70.1 Å². The van der Waals surface area contributed by atoms with Gasteiger partial charge >= 0.3 is 6.01 Å². The van der Waals surface area contributed by atoms with Gasteiger partial charge in [0.1, 0.15) is 5.69 Å². The molecule has 2 aromatic heterocycles. The van der Waals surface area contributed by atoms with Crippen LogP contribution in [0.2, 0.25) is 0 Å². The van der Waals surface area contributed by atoms with Crippen LogP contribution in [0.4, 0.5) is 10.8 Å². The molecule has 0 bridgehead atoms.